The topological polar surface area (TPSA) is 86.8 Å². The molecule has 0 radical (unpaired) electrons. The summed E-state index contributed by atoms with van der Waals surface area (Å²) in [5.74, 6) is -0.799. The van der Waals surface area contributed by atoms with Gasteiger partial charge in [-0.2, -0.15) is 0 Å². The van der Waals surface area contributed by atoms with Crippen molar-refractivity contribution < 1.29 is 18.0 Å². The van der Waals surface area contributed by atoms with Gasteiger partial charge in [0.05, 0.1) is 11.4 Å². The number of likely N-dealkylation sites (tertiary alicyclic amines) is 1. The molecule has 2 amide bonds. The summed E-state index contributed by atoms with van der Waals surface area (Å²) in [6.45, 7) is 4.81. The van der Waals surface area contributed by atoms with Crippen molar-refractivity contribution >= 4 is 27.5 Å². The van der Waals surface area contributed by atoms with E-state index < -0.39 is 15.9 Å². The van der Waals surface area contributed by atoms with Crippen LogP contribution >= 0.6 is 0 Å². The molecule has 2 saturated heterocycles. The van der Waals surface area contributed by atoms with Gasteiger partial charge in [0, 0.05) is 24.6 Å². The first-order valence-corrected chi connectivity index (χ1v) is 10.2. The third kappa shape index (κ3) is 3.85. The second-order valence-electron chi connectivity index (χ2n) is 6.57. The summed E-state index contributed by atoms with van der Waals surface area (Å²) < 4.78 is 24.7. The van der Waals surface area contributed by atoms with E-state index in [1.54, 1.807) is 12.1 Å². The number of hydrogen-bond donors (Lipinski definition) is 1. The molecule has 25 heavy (non-hydrogen) atoms. The highest BCUT2D eigenvalue weighted by Gasteiger charge is 2.36. The van der Waals surface area contributed by atoms with Crippen LogP contribution in [0.5, 0.6) is 0 Å². The maximum atomic E-state index is 12.3. The lowest BCUT2D eigenvalue weighted by atomic mass is 10.2. The number of rotatable bonds is 5. The quantitative estimate of drug-likeness (QED) is 0.840. The first-order chi connectivity index (χ1) is 11.9. The molecule has 8 heteroatoms. The fourth-order valence-corrected chi connectivity index (χ4v) is 4.73. The van der Waals surface area contributed by atoms with Crippen LogP contribution in [0.2, 0.25) is 0 Å². The molecule has 3 rings (SSSR count). The van der Waals surface area contributed by atoms with Crippen LogP contribution in [0.4, 0.5) is 5.69 Å². The Labute approximate surface area is 148 Å². The first kappa shape index (κ1) is 17.9. The molecule has 2 heterocycles. The Bertz CT molecular complexity index is 755. The summed E-state index contributed by atoms with van der Waals surface area (Å²) in [5, 5.41) is 2.91. The fraction of sp³-hybridized carbons (Fsp3) is 0.529. The first-order valence-electron chi connectivity index (χ1n) is 8.56. The predicted molar refractivity (Wildman–Crippen MR) is 94.9 cm³/mol. The van der Waals surface area contributed by atoms with E-state index in [1.165, 1.54) is 25.0 Å². The van der Waals surface area contributed by atoms with Gasteiger partial charge in [0.15, 0.2) is 0 Å². The predicted octanol–water partition coefficient (Wildman–Crippen LogP) is 0.967. The molecule has 1 N–H and O–H groups in total. The number of sulfonamides is 1. The van der Waals surface area contributed by atoms with E-state index in [1.807, 2.05) is 0 Å². The molecule has 2 aliphatic heterocycles. The van der Waals surface area contributed by atoms with Crippen LogP contribution in [0.15, 0.2) is 24.3 Å². The number of nitrogens with one attached hydrogen (secondary N) is 1. The number of hydrogen-bond acceptors (Lipinski definition) is 5. The Morgan fingerprint density at radius 2 is 1.84 bits per heavy atom. The van der Waals surface area contributed by atoms with Crippen molar-refractivity contribution in [3.8, 4) is 0 Å². The van der Waals surface area contributed by atoms with Crippen LogP contribution in [-0.4, -0.2) is 56.6 Å². The molecule has 136 valence electrons. The summed E-state index contributed by atoms with van der Waals surface area (Å²) in [5.41, 5.74) is 0.728. The second-order valence-corrected chi connectivity index (χ2v) is 8.51. The summed E-state index contributed by atoms with van der Waals surface area (Å²) in [6, 6.07) is 6.38. The molecule has 1 unspecified atom stereocenters. The fourth-order valence-electron chi connectivity index (χ4n) is 3.27. The standard InChI is InChI=1S/C17H23N3O4S/c1-13(19-9-2-3-10-19)12-18-17(22)14-4-6-15(7-5-14)20-16(21)8-11-25(20,23)24/h4-7,13H,2-3,8-12H2,1H3,(H,18,22). The van der Waals surface area contributed by atoms with Crippen molar-refractivity contribution in [1.82, 2.24) is 10.2 Å². The minimum atomic E-state index is -3.58. The summed E-state index contributed by atoms with van der Waals surface area (Å²) in [6.07, 6.45) is 2.41. The second kappa shape index (κ2) is 7.13. The minimum Gasteiger partial charge on any atom is -0.350 e. The zero-order valence-electron chi connectivity index (χ0n) is 14.3. The Kier molecular flexibility index (Phi) is 5.10. The van der Waals surface area contributed by atoms with Crippen molar-refractivity contribution in [2.45, 2.75) is 32.2 Å². The molecule has 0 aromatic heterocycles. The minimum absolute atomic E-state index is 0.00103. The van der Waals surface area contributed by atoms with Crippen LogP contribution < -0.4 is 9.62 Å². The van der Waals surface area contributed by atoms with Gasteiger partial charge in [-0.1, -0.05) is 0 Å². The van der Waals surface area contributed by atoms with Gasteiger partial charge in [-0.25, -0.2) is 12.7 Å². The average Bonchev–Trinajstić information content (AvgIpc) is 3.21. The molecule has 0 bridgehead atoms. The zero-order chi connectivity index (χ0) is 18.0. The van der Waals surface area contributed by atoms with Gasteiger partial charge in [-0.05, 0) is 57.1 Å². The van der Waals surface area contributed by atoms with Crippen LogP contribution in [0.25, 0.3) is 0 Å². The van der Waals surface area contributed by atoms with E-state index in [0.717, 1.165) is 17.4 Å². The van der Waals surface area contributed by atoms with Crippen molar-refractivity contribution in [3.63, 3.8) is 0 Å². The molecule has 1 aromatic rings. The van der Waals surface area contributed by atoms with Crippen LogP contribution in [0, 0.1) is 0 Å². The van der Waals surface area contributed by atoms with E-state index >= 15 is 0 Å². The van der Waals surface area contributed by atoms with Crippen LogP contribution in [-0.2, 0) is 14.8 Å². The van der Waals surface area contributed by atoms with Gasteiger partial charge in [0.1, 0.15) is 0 Å². The largest absolute Gasteiger partial charge is 0.350 e. The molecule has 0 aliphatic carbocycles. The van der Waals surface area contributed by atoms with E-state index in [0.29, 0.717) is 12.1 Å². The maximum absolute atomic E-state index is 12.3. The number of anilines is 1. The molecule has 1 aromatic carbocycles. The highest BCUT2D eigenvalue weighted by molar-refractivity contribution is 7.94. The van der Waals surface area contributed by atoms with E-state index in [2.05, 4.69) is 17.1 Å². The molecule has 1 atom stereocenters. The number of carbonyl (C=O) groups is 2. The highest BCUT2D eigenvalue weighted by atomic mass is 32.2. The summed E-state index contributed by atoms with van der Waals surface area (Å²) in [7, 11) is -3.58. The molecule has 0 saturated carbocycles. The van der Waals surface area contributed by atoms with E-state index in [4.69, 9.17) is 0 Å². The Morgan fingerprint density at radius 3 is 2.40 bits per heavy atom. The lowest BCUT2D eigenvalue weighted by molar-refractivity contribution is -0.116. The number of carbonyl (C=O) groups excluding carboxylic acids is 2. The van der Waals surface area contributed by atoms with Gasteiger partial charge < -0.3 is 5.32 Å². The Morgan fingerprint density at radius 1 is 1.20 bits per heavy atom. The number of amides is 2. The molecule has 7 nitrogen and oxygen atoms in total. The Balaban J connectivity index is 1.62. The molecular formula is C17H23N3O4S. The van der Waals surface area contributed by atoms with Gasteiger partial charge in [-0.3, -0.25) is 14.5 Å². The van der Waals surface area contributed by atoms with Gasteiger partial charge in [0.25, 0.3) is 5.91 Å². The van der Waals surface area contributed by atoms with Gasteiger partial charge in [-0.15, -0.1) is 0 Å². The van der Waals surface area contributed by atoms with Crippen molar-refractivity contribution in [2.24, 2.45) is 0 Å². The third-order valence-electron chi connectivity index (χ3n) is 4.76. The van der Waals surface area contributed by atoms with Gasteiger partial charge in [0.2, 0.25) is 15.9 Å². The molecular weight excluding hydrogens is 342 g/mol. The van der Waals surface area contributed by atoms with Crippen molar-refractivity contribution in [2.75, 3.05) is 29.7 Å². The SMILES string of the molecule is CC(CNC(=O)c1ccc(N2C(=O)CCS2(=O)=O)cc1)N1CCCC1. The van der Waals surface area contributed by atoms with Crippen LogP contribution in [0.3, 0.4) is 0 Å². The summed E-state index contributed by atoms with van der Waals surface area (Å²) in [4.78, 5) is 26.4. The van der Waals surface area contributed by atoms with E-state index in [9.17, 15) is 18.0 Å². The monoisotopic (exact) mass is 365 g/mol. The molecule has 0 spiro atoms. The Hall–Kier alpha value is -1.93. The average molecular weight is 365 g/mol. The normalized spacial score (nSPS) is 21.5. The van der Waals surface area contributed by atoms with Crippen LogP contribution in [0.1, 0.15) is 36.5 Å². The van der Waals surface area contributed by atoms with Crippen molar-refractivity contribution in [1.29, 1.82) is 0 Å². The lowest BCUT2D eigenvalue weighted by Gasteiger charge is -2.23. The highest BCUT2D eigenvalue weighted by Crippen LogP contribution is 2.25. The number of nitrogens with zero attached hydrogens (tertiary/aromatic N) is 2. The smallest absolute Gasteiger partial charge is 0.251 e. The third-order valence-corrected chi connectivity index (χ3v) is 6.46. The van der Waals surface area contributed by atoms with Crippen molar-refractivity contribution in [3.05, 3.63) is 29.8 Å². The molecule has 2 aliphatic rings. The summed E-state index contributed by atoms with van der Waals surface area (Å²) >= 11 is 0. The maximum Gasteiger partial charge on any atom is 0.251 e. The van der Waals surface area contributed by atoms with Gasteiger partial charge >= 0.3 is 0 Å². The lowest BCUT2D eigenvalue weighted by Crippen LogP contribution is -2.40. The zero-order valence-corrected chi connectivity index (χ0v) is 15.1. The molecule has 2 fully saturated rings. The number of benzene rings is 1. The van der Waals surface area contributed by atoms with E-state index in [-0.39, 0.29) is 29.8 Å².